The molecule has 2 atom stereocenters. The summed E-state index contributed by atoms with van der Waals surface area (Å²) in [5.41, 5.74) is 0.879. The summed E-state index contributed by atoms with van der Waals surface area (Å²) in [6, 6.07) is 10.5. The molecule has 0 spiro atoms. The van der Waals surface area contributed by atoms with E-state index in [1.807, 2.05) is 35.2 Å². The number of hydrogen-bond donors (Lipinski definition) is 1. The third-order valence-corrected chi connectivity index (χ3v) is 5.26. The lowest BCUT2D eigenvalue weighted by atomic mass is 9.95. The molecule has 126 valence electrons. The molecule has 0 unspecified atom stereocenters. The maximum Gasteiger partial charge on any atom is 0.321 e. The number of rotatable bonds is 3. The van der Waals surface area contributed by atoms with Gasteiger partial charge in [-0.25, -0.2) is 4.79 Å². The van der Waals surface area contributed by atoms with Crippen LogP contribution in [0.2, 0.25) is 0 Å². The van der Waals surface area contributed by atoms with E-state index < -0.39 is 0 Å². The third-order valence-electron chi connectivity index (χ3n) is 5.26. The molecule has 2 fully saturated rings. The number of urea groups is 1. The van der Waals surface area contributed by atoms with E-state index >= 15 is 0 Å². The molecule has 2 saturated heterocycles. The summed E-state index contributed by atoms with van der Waals surface area (Å²) >= 11 is 0. The number of piperidine rings is 2. The maximum atomic E-state index is 12.5. The first-order valence-corrected chi connectivity index (χ1v) is 9.07. The molecule has 2 amide bonds. The molecule has 4 nitrogen and oxygen atoms in total. The summed E-state index contributed by atoms with van der Waals surface area (Å²) < 4.78 is 0. The molecule has 3 rings (SSSR count). The average molecular weight is 315 g/mol. The van der Waals surface area contributed by atoms with E-state index in [1.165, 1.54) is 32.2 Å². The van der Waals surface area contributed by atoms with Gasteiger partial charge in [0.1, 0.15) is 0 Å². The highest BCUT2D eigenvalue weighted by Crippen LogP contribution is 2.23. The molecular weight excluding hydrogens is 286 g/mol. The lowest BCUT2D eigenvalue weighted by molar-refractivity contribution is 0.104. The third kappa shape index (κ3) is 4.47. The molecule has 0 bridgehead atoms. The standard InChI is InChI=1S/C19H29N3O/c1-16-8-5-6-12-21(16)14-17-9-7-13-22(15-17)19(23)20-18-10-3-2-4-11-18/h2-4,10-11,16-17H,5-9,12-15H2,1H3,(H,20,23)/t16-,17-/m0/s1. The van der Waals surface area contributed by atoms with Gasteiger partial charge in [0.15, 0.2) is 0 Å². The van der Waals surface area contributed by atoms with Gasteiger partial charge >= 0.3 is 6.03 Å². The van der Waals surface area contributed by atoms with Crippen LogP contribution in [0.25, 0.3) is 0 Å². The lowest BCUT2D eigenvalue weighted by Gasteiger charge is -2.39. The zero-order valence-electron chi connectivity index (χ0n) is 14.2. The Labute approximate surface area is 139 Å². The van der Waals surface area contributed by atoms with Crippen molar-refractivity contribution in [3.63, 3.8) is 0 Å². The van der Waals surface area contributed by atoms with Crippen molar-refractivity contribution in [1.29, 1.82) is 0 Å². The van der Waals surface area contributed by atoms with Crippen molar-refractivity contribution >= 4 is 11.7 Å². The van der Waals surface area contributed by atoms with Crippen LogP contribution >= 0.6 is 0 Å². The second-order valence-electron chi connectivity index (χ2n) is 7.09. The Morgan fingerprint density at radius 2 is 1.96 bits per heavy atom. The number of nitrogens with zero attached hydrogens (tertiary/aromatic N) is 2. The fourth-order valence-corrected chi connectivity index (χ4v) is 3.88. The van der Waals surface area contributed by atoms with Gasteiger partial charge in [0, 0.05) is 31.4 Å². The van der Waals surface area contributed by atoms with E-state index in [1.54, 1.807) is 0 Å². The predicted octanol–water partition coefficient (Wildman–Crippen LogP) is 3.80. The molecule has 4 heteroatoms. The van der Waals surface area contributed by atoms with Gasteiger partial charge in [0.25, 0.3) is 0 Å². The molecule has 0 aliphatic carbocycles. The van der Waals surface area contributed by atoms with E-state index in [0.717, 1.165) is 31.7 Å². The van der Waals surface area contributed by atoms with Gasteiger partial charge in [0.05, 0.1) is 0 Å². The molecule has 2 aliphatic heterocycles. The van der Waals surface area contributed by atoms with Crippen molar-refractivity contribution in [2.24, 2.45) is 5.92 Å². The van der Waals surface area contributed by atoms with Crippen LogP contribution in [0.3, 0.4) is 0 Å². The van der Waals surface area contributed by atoms with E-state index in [4.69, 9.17) is 0 Å². The van der Waals surface area contributed by atoms with Crippen LogP contribution in [0.5, 0.6) is 0 Å². The number of carbonyl (C=O) groups is 1. The second-order valence-corrected chi connectivity index (χ2v) is 7.09. The van der Waals surface area contributed by atoms with E-state index in [2.05, 4.69) is 17.1 Å². The zero-order chi connectivity index (χ0) is 16.1. The fraction of sp³-hybridized carbons (Fsp3) is 0.632. The first kappa shape index (κ1) is 16.3. The molecule has 23 heavy (non-hydrogen) atoms. The first-order valence-electron chi connectivity index (χ1n) is 9.07. The molecule has 1 N–H and O–H groups in total. The number of hydrogen-bond acceptors (Lipinski definition) is 2. The first-order chi connectivity index (χ1) is 11.2. The fourth-order valence-electron chi connectivity index (χ4n) is 3.88. The Balaban J connectivity index is 1.52. The smallest absolute Gasteiger partial charge is 0.321 e. The van der Waals surface area contributed by atoms with Crippen molar-refractivity contribution in [2.75, 3.05) is 31.5 Å². The number of anilines is 1. The quantitative estimate of drug-likeness (QED) is 0.921. The minimum atomic E-state index is 0.0487. The van der Waals surface area contributed by atoms with E-state index in [-0.39, 0.29) is 6.03 Å². The Bertz CT molecular complexity index is 505. The van der Waals surface area contributed by atoms with Crippen LogP contribution < -0.4 is 5.32 Å². The van der Waals surface area contributed by atoms with Gasteiger partial charge in [-0.2, -0.15) is 0 Å². The Hall–Kier alpha value is -1.55. The number of benzene rings is 1. The van der Waals surface area contributed by atoms with Crippen LogP contribution in [0.15, 0.2) is 30.3 Å². The van der Waals surface area contributed by atoms with Gasteiger partial charge in [0.2, 0.25) is 0 Å². The number of nitrogens with one attached hydrogen (secondary N) is 1. The topological polar surface area (TPSA) is 35.6 Å². The van der Waals surface area contributed by atoms with Crippen molar-refractivity contribution < 1.29 is 4.79 Å². The second kappa shape index (κ2) is 7.82. The Kier molecular flexibility index (Phi) is 5.55. The molecular formula is C19H29N3O. The normalized spacial score (nSPS) is 26.0. The average Bonchev–Trinajstić information content (AvgIpc) is 2.58. The summed E-state index contributed by atoms with van der Waals surface area (Å²) in [6.07, 6.45) is 6.39. The molecule has 0 saturated carbocycles. The van der Waals surface area contributed by atoms with Crippen LogP contribution in [0.1, 0.15) is 39.0 Å². The lowest BCUT2D eigenvalue weighted by Crippen LogP contribution is -2.47. The molecule has 0 radical (unpaired) electrons. The highest BCUT2D eigenvalue weighted by Gasteiger charge is 2.27. The number of likely N-dealkylation sites (tertiary alicyclic amines) is 2. The Morgan fingerprint density at radius 1 is 1.13 bits per heavy atom. The van der Waals surface area contributed by atoms with Crippen LogP contribution in [0, 0.1) is 5.92 Å². The van der Waals surface area contributed by atoms with Crippen molar-refractivity contribution in [3.05, 3.63) is 30.3 Å². The predicted molar refractivity (Wildman–Crippen MR) is 94.6 cm³/mol. The van der Waals surface area contributed by atoms with Crippen LogP contribution in [0.4, 0.5) is 10.5 Å². The summed E-state index contributed by atoms with van der Waals surface area (Å²) in [5.74, 6) is 0.617. The van der Waals surface area contributed by atoms with Crippen LogP contribution in [-0.4, -0.2) is 48.1 Å². The number of para-hydroxylation sites is 1. The minimum absolute atomic E-state index is 0.0487. The largest absolute Gasteiger partial charge is 0.324 e. The highest BCUT2D eigenvalue weighted by atomic mass is 16.2. The van der Waals surface area contributed by atoms with Crippen molar-refractivity contribution in [2.45, 2.75) is 45.1 Å². The summed E-state index contributed by atoms with van der Waals surface area (Å²) in [7, 11) is 0. The monoisotopic (exact) mass is 315 g/mol. The molecule has 1 aromatic rings. The summed E-state index contributed by atoms with van der Waals surface area (Å²) in [5, 5.41) is 3.02. The van der Waals surface area contributed by atoms with Gasteiger partial charge in [-0.15, -0.1) is 0 Å². The number of amides is 2. The zero-order valence-corrected chi connectivity index (χ0v) is 14.2. The van der Waals surface area contributed by atoms with Crippen molar-refractivity contribution in [3.8, 4) is 0 Å². The van der Waals surface area contributed by atoms with Gasteiger partial charge < -0.3 is 15.1 Å². The summed E-state index contributed by atoms with van der Waals surface area (Å²) in [6.45, 7) is 6.50. The maximum absolute atomic E-state index is 12.5. The van der Waals surface area contributed by atoms with Crippen molar-refractivity contribution in [1.82, 2.24) is 9.80 Å². The highest BCUT2D eigenvalue weighted by molar-refractivity contribution is 5.89. The Morgan fingerprint density at radius 3 is 2.74 bits per heavy atom. The SMILES string of the molecule is C[C@H]1CCCCN1C[C@@H]1CCCN(C(=O)Nc2ccccc2)C1. The van der Waals surface area contributed by atoms with Gasteiger partial charge in [-0.3, -0.25) is 0 Å². The summed E-state index contributed by atoms with van der Waals surface area (Å²) in [4.78, 5) is 17.1. The minimum Gasteiger partial charge on any atom is -0.324 e. The van der Waals surface area contributed by atoms with Gasteiger partial charge in [-0.05, 0) is 57.2 Å². The van der Waals surface area contributed by atoms with Gasteiger partial charge in [-0.1, -0.05) is 24.6 Å². The van der Waals surface area contributed by atoms with E-state index in [0.29, 0.717) is 12.0 Å². The molecule has 2 heterocycles. The van der Waals surface area contributed by atoms with Crippen LogP contribution in [-0.2, 0) is 0 Å². The molecule has 1 aromatic carbocycles. The number of carbonyl (C=O) groups excluding carboxylic acids is 1. The molecule has 0 aromatic heterocycles. The van der Waals surface area contributed by atoms with E-state index in [9.17, 15) is 4.79 Å². The molecule has 2 aliphatic rings.